The molecule has 0 aliphatic carbocycles. The zero-order valence-corrected chi connectivity index (χ0v) is 15.5. The third-order valence-corrected chi connectivity index (χ3v) is 4.38. The molecule has 1 unspecified atom stereocenters. The van der Waals surface area contributed by atoms with Crippen molar-refractivity contribution in [1.29, 1.82) is 0 Å². The highest BCUT2D eigenvalue weighted by Crippen LogP contribution is 2.40. The maximum absolute atomic E-state index is 4.62. The zero-order chi connectivity index (χ0) is 13.4. The highest BCUT2D eigenvalue weighted by molar-refractivity contribution is 9.10. The zero-order valence-electron chi connectivity index (χ0n) is 12.3. The van der Waals surface area contributed by atoms with Crippen LogP contribution in [-0.2, 0) is 0 Å². The minimum absolute atomic E-state index is 0. The van der Waals surface area contributed by atoms with E-state index in [0.29, 0.717) is 11.8 Å². The van der Waals surface area contributed by atoms with Crippen molar-refractivity contribution in [3.8, 4) is 0 Å². The number of nitrogens with one attached hydrogen (secondary N) is 2. The summed E-state index contributed by atoms with van der Waals surface area (Å²) in [6.07, 6.45) is 1.12. The summed E-state index contributed by atoms with van der Waals surface area (Å²) in [5, 5.41) is 7.03. The van der Waals surface area contributed by atoms with Gasteiger partial charge in [-0.2, -0.15) is 0 Å². The van der Waals surface area contributed by atoms with Crippen LogP contribution in [0.1, 0.15) is 43.2 Å². The molecule has 1 atom stereocenters. The smallest absolute Gasteiger partial charge is 0.104 e. The average Bonchev–Trinajstić information content (AvgIpc) is 2.90. The molecule has 21 heavy (non-hydrogen) atoms. The lowest BCUT2D eigenvalue weighted by Crippen LogP contribution is -2.30. The highest BCUT2D eigenvalue weighted by Gasteiger charge is 2.28. The van der Waals surface area contributed by atoms with Gasteiger partial charge in [0, 0.05) is 29.2 Å². The van der Waals surface area contributed by atoms with Gasteiger partial charge in [0.25, 0.3) is 0 Å². The summed E-state index contributed by atoms with van der Waals surface area (Å²) in [4.78, 5) is 4.62. The second-order valence-corrected chi connectivity index (χ2v) is 6.49. The van der Waals surface area contributed by atoms with E-state index in [4.69, 9.17) is 0 Å². The molecule has 2 N–H and O–H groups in total. The van der Waals surface area contributed by atoms with E-state index >= 15 is 0 Å². The van der Waals surface area contributed by atoms with Crippen LogP contribution >= 0.6 is 40.7 Å². The Balaban J connectivity index is 0.00000110. The van der Waals surface area contributed by atoms with Gasteiger partial charge in [-0.15, -0.1) is 24.8 Å². The molecule has 0 saturated carbocycles. The molecule has 2 aliphatic heterocycles. The second-order valence-electron chi connectivity index (χ2n) is 5.58. The maximum atomic E-state index is 4.62. The second kappa shape index (κ2) is 7.70. The summed E-state index contributed by atoms with van der Waals surface area (Å²) < 4.78 is 1.17. The number of fused-ring (bicyclic) bond motifs is 1. The summed E-state index contributed by atoms with van der Waals surface area (Å²) in [5.74, 6) is 2.13. The van der Waals surface area contributed by atoms with E-state index in [9.17, 15) is 0 Å². The van der Waals surface area contributed by atoms with E-state index < -0.39 is 0 Å². The van der Waals surface area contributed by atoms with Gasteiger partial charge in [-0.3, -0.25) is 4.99 Å². The van der Waals surface area contributed by atoms with Crippen LogP contribution in [0.4, 0.5) is 5.69 Å². The van der Waals surface area contributed by atoms with Crippen molar-refractivity contribution < 1.29 is 0 Å². The molecule has 118 valence electrons. The summed E-state index contributed by atoms with van der Waals surface area (Å²) in [7, 11) is 0. The molecule has 3 rings (SSSR count). The molecule has 3 nitrogen and oxygen atoms in total. The van der Waals surface area contributed by atoms with E-state index in [1.165, 1.54) is 27.1 Å². The third kappa shape index (κ3) is 3.66. The largest absolute Gasteiger partial charge is 0.385 e. The van der Waals surface area contributed by atoms with Gasteiger partial charge in [-0.05, 0) is 35.6 Å². The predicted molar refractivity (Wildman–Crippen MR) is 98.9 cm³/mol. The Morgan fingerprint density at radius 3 is 2.57 bits per heavy atom. The van der Waals surface area contributed by atoms with Crippen LogP contribution in [-0.4, -0.2) is 25.5 Å². The number of rotatable bonds is 2. The molecule has 1 aromatic carbocycles. The molecule has 0 aromatic heterocycles. The predicted octanol–water partition coefficient (Wildman–Crippen LogP) is 4.32. The number of halogens is 3. The lowest BCUT2D eigenvalue weighted by Gasteiger charge is -2.30. The van der Waals surface area contributed by atoms with Crippen molar-refractivity contribution in [2.45, 2.75) is 32.1 Å². The van der Waals surface area contributed by atoms with Crippen LogP contribution in [0.5, 0.6) is 0 Å². The normalized spacial score (nSPS) is 19.6. The Hall–Kier alpha value is -0.450. The molecule has 0 bridgehead atoms. The van der Waals surface area contributed by atoms with Crippen molar-refractivity contribution in [2.75, 3.05) is 25.0 Å². The summed E-state index contributed by atoms with van der Waals surface area (Å²) in [6, 6.07) is 4.49. The maximum Gasteiger partial charge on any atom is 0.104 e. The number of hydrogen-bond donors (Lipinski definition) is 2. The first-order valence-corrected chi connectivity index (χ1v) is 7.81. The SMILES string of the molecule is CC(C)c1cc(Br)cc2c1NCCC2C1=NCCN1.Cl.Cl. The lowest BCUT2D eigenvalue weighted by molar-refractivity contribution is 0.743. The first-order valence-electron chi connectivity index (χ1n) is 7.02. The van der Waals surface area contributed by atoms with Gasteiger partial charge in [-0.1, -0.05) is 29.8 Å². The topological polar surface area (TPSA) is 36.4 Å². The molecule has 1 aromatic rings. The van der Waals surface area contributed by atoms with E-state index in [1.807, 2.05) is 0 Å². The summed E-state index contributed by atoms with van der Waals surface area (Å²) in [6.45, 7) is 7.43. The minimum atomic E-state index is 0. The Morgan fingerprint density at radius 1 is 1.19 bits per heavy atom. The molecular formula is C15H22BrCl2N3. The van der Waals surface area contributed by atoms with Crippen LogP contribution in [0.15, 0.2) is 21.6 Å². The fraction of sp³-hybridized carbons (Fsp3) is 0.533. The number of anilines is 1. The van der Waals surface area contributed by atoms with Gasteiger partial charge in [0.1, 0.15) is 5.84 Å². The number of amidine groups is 1. The summed E-state index contributed by atoms with van der Waals surface area (Å²) in [5.41, 5.74) is 4.11. The Kier molecular flexibility index (Phi) is 6.82. The molecule has 0 spiro atoms. The van der Waals surface area contributed by atoms with E-state index in [0.717, 1.165) is 26.1 Å². The van der Waals surface area contributed by atoms with Crippen molar-refractivity contribution in [2.24, 2.45) is 4.99 Å². The first-order chi connectivity index (χ1) is 9.16. The van der Waals surface area contributed by atoms with Gasteiger partial charge in [-0.25, -0.2) is 0 Å². The van der Waals surface area contributed by atoms with Crippen LogP contribution in [0, 0.1) is 0 Å². The average molecular weight is 395 g/mol. The first kappa shape index (κ1) is 18.6. The lowest BCUT2D eigenvalue weighted by atomic mass is 9.86. The fourth-order valence-corrected chi connectivity index (χ4v) is 3.51. The van der Waals surface area contributed by atoms with Crippen molar-refractivity contribution in [3.63, 3.8) is 0 Å². The van der Waals surface area contributed by atoms with Gasteiger partial charge in [0.05, 0.1) is 6.54 Å². The number of aliphatic imine (C=N–C) groups is 1. The number of nitrogens with zero attached hydrogens (tertiary/aromatic N) is 1. The fourth-order valence-electron chi connectivity index (χ4n) is 3.01. The number of hydrogen-bond acceptors (Lipinski definition) is 3. The number of benzene rings is 1. The molecule has 0 radical (unpaired) electrons. The quantitative estimate of drug-likeness (QED) is 0.783. The van der Waals surface area contributed by atoms with Gasteiger partial charge >= 0.3 is 0 Å². The van der Waals surface area contributed by atoms with E-state index in [2.05, 4.69) is 57.5 Å². The Bertz CT molecular complexity index is 532. The minimum Gasteiger partial charge on any atom is -0.385 e. The van der Waals surface area contributed by atoms with Crippen LogP contribution in [0.3, 0.4) is 0 Å². The molecule has 0 saturated heterocycles. The molecule has 0 amide bonds. The Morgan fingerprint density at radius 2 is 1.95 bits per heavy atom. The van der Waals surface area contributed by atoms with Crippen molar-refractivity contribution in [1.82, 2.24) is 5.32 Å². The monoisotopic (exact) mass is 393 g/mol. The van der Waals surface area contributed by atoms with Gasteiger partial charge in [0.2, 0.25) is 0 Å². The van der Waals surface area contributed by atoms with Crippen LogP contribution in [0.25, 0.3) is 0 Å². The van der Waals surface area contributed by atoms with E-state index in [-0.39, 0.29) is 24.8 Å². The molecule has 2 aliphatic rings. The van der Waals surface area contributed by atoms with Crippen LogP contribution in [0.2, 0.25) is 0 Å². The molecule has 2 heterocycles. The standard InChI is InChI=1S/C15H20BrN3.2ClH/c1-9(2)12-7-10(16)8-13-11(3-4-17-14(12)13)15-18-5-6-19-15;;/h7-9,11,17H,3-6H2,1-2H3,(H,18,19);2*1H. The highest BCUT2D eigenvalue weighted by atomic mass is 79.9. The molecular weight excluding hydrogens is 373 g/mol. The summed E-state index contributed by atoms with van der Waals surface area (Å²) >= 11 is 3.66. The van der Waals surface area contributed by atoms with Gasteiger partial charge < -0.3 is 10.6 Å². The van der Waals surface area contributed by atoms with Crippen molar-refractivity contribution in [3.05, 3.63) is 27.7 Å². The van der Waals surface area contributed by atoms with Crippen LogP contribution < -0.4 is 10.6 Å². The van der Waals surface area contributed by atoms with Gasteiger partial charge in [0.15, 0.2) is 0 Å². The van der Waals surface area contributed by atoms with E-state index in [1.54, 1.807) is 0 Å². The Labute approximate surface area is 147 Å². The molecule has 0 fully saturated rings. The van der Waals surface area contributed by atoms with Crippen molar-refractivity contribution >= 4 is 52.3 Å². The third-order valence-electron chi connectivity index (χ3n) is 3.93. The molecule has 6 heteroatoms.